The van der Waals surface area contributed by atoms with Crippen LogP contribution in [-0.2, 0) is 13.1 Å². The zero-order valence-electron chi connectivity index (χ0n) is 16.5. The molecular weight excluding hydrogens is 336 g/mol. The Balaban J connectivity index is 1.38. The molecule has 1 fully saturated rings. The fourth-order valence-electron chi connectivity index (χ4n) is 3.67. The molecule has 0 spiro atoms. The number of nitrogens with one attached hydrogen (secondary N) is 2. The van der Waals surface area contributed by atoms with Gasteiger partial charge in [0.15, 0.2) is 5.96 Å². The quantitative estimate of drug-likeness (QED) is 0.448. The maximum absolute atomic E-state index is 4.39. The number of aromatic nitrogens is 2. The minimum atomic E-state index is 0.476. The Bertz CT molecular complexity index is 682. The highest BCUT2D eigenvalue weighted by atomic mass is 15.3. The molecule has 6 heteroatoms. The summed E-state index contributed by atoms with van der Waals surface area (Å²) < 4.78 is 1.96. The lowest BCUT2D eigenvalue weighted by Gasteiger charge is -2.38. The summed E-state index contributed by atoms with van der Waals surface area (Å²) in [5.74, 6) is 0.907. The van der Waals surface area contributed by atoms with Gasteiger partial charge < -0.3 is 10.6 Å². The molecule has 0 bridgehead atoms. The van der Waals surface area contributed by atoms with Gasteiger partial charge in [0.25, 0.3) is 0 Å². The van der Waals surface area contributed by atoms with Gasteiger partial charge in [-0.15, -0.1) is 0 Å². The van der Waals surface area contributed by atoms with Crippen LogP contribution in [0.3, 0.4) is 0 Å². The van der Waals surface area contributed by atoms with E-state index in [4.69, 9.17) is 0 Å². The highest BCUT2D eigenvalue weighted by Gasteiger charge is 2.25. The molecule has 1 aromatic heterocycles. The Hall–Kier alpha value is -2.34. The van der Waals surface area contributed by atoms with Crippen LogP contribution in [0, 0.1) is 0 Å². The topological polar surface area (TPSA) is 57.5 Å². The number of aliphatic imine (C=N–C) groups is 1. The van der Waals surface area contributed by atoms with Crippen molar-refractivity contribution in [1.82, 2.24) is 25.3 Å². The highest BCUT2D eigenvalue weighted by molar-refractivity contribution is 5.79. The fraction of sp³-hybridized carbons (Fsp3) is 0.524. The van der Waals surface area contributed by atoms with E-state index in [1.165, 1.54) is 5.56 Å². The summed E-state index contributed by atoms with van der Waals surface area (Å²) in [5.41, 5.74) is 1.39. The van der Waals surface area contributed by atoms with Crippen molar-refractivity contribution in [2.24, 2.45) is 4.99 Å². The first-order valence-corrected chi connectivity index (χ1v) is 9.97. The zero-order valence-corrected chi connectivity index (χ0v) is 16.5. The van der Waals surface area contributed by atoms with E-state index < -0.39 is 0 Å². The van der Waals surface area contributed by atoms with Crippen molar-refractivity contribution in [1.29, 1.82) is 0 Å². The van der Waals surface area contributed by atoms with Gasteiger partial charge >= 0.3 is 0 Å². The highest BCUT2D eigenvalue weighted by Crippen LogP contribution is 2.19. The molecule has 0 saturated carbocycles. The molecule has 1 aliphatic heterocycles. The van der Waals surface area contributed by atoms with Crippen LogP contribution in [0.4, 0.5) is 0 Å². The summed E-state index contributed by atoms with van der Waals surface area (Å²) in [4.78, 5) is 6.96. The lowest BCUT2D eigenvalue weighted by atomic mass is 9.97. The van der Waals surface area contributed by atoms with E-state index in [0.29, 0.717) is 12.1 Å². The first kappa shape index (κ1) is 19.4. The molecule has 2 atom stereocenters. The standard InChI is InChI=1S/C21H32N6/c1-18-16-20(10-15-26(18)17-19-8-4-3-5-9-19)25-21(22-2)23-11-6-13-27-14-7-12-24-27/h3-5,7-9,12,14,18,20H,6,10-11,13,15-17H2,1-2H3,(H2,22,23,25). The van der Waals surface area contributed by atoms with Gasteiger partial charge in [0, 0.05) is 57.7 Å². The molecule has 0 radical (unpaired) electrons. The lowest BCUT2D eigenvalue weighted by molar-refractivity contribution is 0.134. The summed E-state index contributed by atoms with van der Waals surface area (Å²) in [5, 5.41) is 11.3. The fourth-order valence-corrected chi connectivity index (χ4v) is 3.67. The predicted molar refractivity (Wildman–Crippen MR) is 111 cm³/mol. The third kappa shape index (κ3) is 6.10. The molecule has 1 saturated heterocycles. The number of nitrogens with zero attached hydrogens (tertiary/aromatic N) is 4. The van der Waals surface area contributed by atoms with E-state index in [1.807, 2.05) is 30.2 Å². The first-order chi connectivity index (χ1) is 13.2. The summed E-state index contributed by atoms with van der Waals surface area (Å²) in [6.07, 6.45) is 7.12. The van der Waals surface area contributed by atoms with Crippen LogP contribution < -0.4 is 10.6 Å². The number of rotatable bonds is 7. The average Bonchev–Trinajstić information content (AvgIpc) is 3.20. The number of hydrogen-bond acceptors (Lipinski definition) is 3. The molecule has 1 aromatic carbocycles. The number of hydrogen-bond donors (Lipinski definition) is 2. The molecule has 2 heterocycles. The summed E-state index contributed by atoms with van der Waals surface area (Å²) in [6, 6.07) is 13.7. The van der Waals surface area contributed by atoms with Crippen LogP contribution in [0.25, 0.3) is 0 Å². The van der Waals surface area contributed by atoms with Crippen LogP contribution in [-0.4, -0.2) is 52.9 Å². The van der Waals surface area contributed by atoms with Gasteiger partial charge in [0.2, 0.25) is 0 Å². The molecule has 0 amide bonds. The van der Waals surface area contributed by atoms with Crippen LogP contribution in [0.15, 0.2) is 53.8 Å². The summed E-state index contributed by atoms with van der Waals surface area (Å²) >= 11 is 0. The van der Waals surface area contributed by atoms with Gasteiger partial charge in [0.1, 0.15) is 0 Å². The monoisotopic (exact) mass is 368 g/mol. The van der Waals surface area contributed by atoms with Crippen molar-refractivity contribution in [3.05, 3.63) is 54.4 Å². The molecule has 0 aliphatic carbocycles. The van der Waals surface area contributed by atoms with Crippen molar-refractivity contribution < 1.29 is 0 Å². The molecule has 2 unspecified atom stereocenters. The maximum atomic E-state index is 4.39. The molecule has 1 aliphatic rings. The van der Waals surface area contributed by atoms with Crippen molar-refractivity contribution in [2.45, 2.75) is 51.4 Å². The Labute approximate surface area is 162 Å². The number of aryl methyl sites for hydroxylation is 1. The normalized spacial score (nSPS) is 21.2. The second-order valence-corrected chi connectivity index (χ2v) is 7.29. The van der Waals surface area contributed by atoms with E-state index >= 15 is 0 Å². The van der Waals surface area contributed by atoms with E-state index in [1.54, 1.807) is 0 Å². The molecule has 3 rings (SSSR count). The van der Waals surface area contributed by atoms with Crippen LogP contribution >= 0.6 is 0 Å². The minimum Gasteiger partial charge on any atom is -0.356 e. The predicted octanol–water partition coefficient (Wildman–Crippen LogP) is 2.49. The smallest absolute Gasteiger partial charge is 0.191 e. The third-order valence-electron chi connectivity index (χ3n) is 5.22. The minimum absolute atomic E-state index is 0.476. The maximum Gasteiger partial charge on any atom is 0.191 e. The van der Waals surface area contributed by atoms with Gasteiger partial charge in [-0.25, -0.2) is 0 Å². The van der Waals surface area contributed by atoms with Gasteiger partial charge in [0.05, 0.1) is 0 Å². The van der Waals surface area contributed by atoms with Gasteiger partial charge in [-0.1, -0.05) is 30.3 Å². The van der Waals surface area contributed by atoms with E-state index in [2.05, 4.69) is 62.9 Å². The Kier molecular flexibility index (Phi) is 7.27. The largest absolute Gasteiger partial charge is 0.356 e. The molecule has 27 heavy (non-hydrogen) atoms. The number of benzene rings is 1. The Morgan fingerprint density at radius 2 is 2.11 bits per heavy atom. The molecule has 2 N–H and O–H groups in total. The Morgan fingerprint density at radius 3 is 2.81 bits per heavy atom. The van der Waals surface area contributed by atoms with Crippen molar-refractivity contribution in [2.75, 3.05) is 20.1 Å². The lowest BCUT2D eigenvalue weighted by Crippen LogP contribution is -2.51. The Morgan fingerprint density at radius 1 is 1.26 bits per heavy atom. The number of guanidine groups is 1. The van der Waals surface area contributed by atoms with Crippen LogP contribution in [0.5, 0.6) is 0 Å². The van der Waals surface area contributed by atoms with Crippen LogP contribution in [0.2, 0.25) is 0 Å². The second kappa shape index (κ2) is 10.1. The van der Waals surface area contributed by atoms with Crippen molar-refractivity contribution in [3.8, 4) is 0 Å². The molecule has 6 nitrogen and oxygen atoms in total. The first-order valence-electron chi connectivity index (χ1n) is 9.97. The summed E-state index contributed by atoms with van der Waals surface area (Å²) in [7, 11) is 1.84. The van der Waals surface area contributed by atoms with E-state index in [-0.39, 0.29) is 0 Å². The third-order valence-corrected chi connectivity index (χ3v) is 5.22. The zero-order chi connectivity index (χ0) is 18.9. The number of likely N-dealkylation sites (tertiary alicyclic amines) is 1. The van der Waals surface area contributed by atoms with E-state index in [9.17, 15) is 0 Å². The number of piperidine rings is 1. The SMILES string of the molecule is CN=C(NCCCn1cccn1)NC1CCN(Cc2ccccc2)C(C)C1. The molecule has 2 aromatic rings. The summed E-state index contributed by atoms with van der Waals surface area (Å²) in [6.45, 7) is 6.30. The molecule has 146 valence electrons. The van der Waals surface area contributed by atoms with Gasteiger partial charge in [-0.3, -0.25) is 14.6 Å². The van der Waals surface area contributed by atoms with Crippen molar-refractivity contribution in [3.63, 3.8) is 0 Å². The molecular formula is C21H32N6. The second-order valence-electron chi connectivity index (χ2n) is 7.29. The van der Waals surface area contributed by atoms with Crippen LogP contribution in [0.1, 0.15) is 31.7 Å². The average molecular weight is 369 g/mol. The van der Waals surface area contributed by atoms with Crippen molar-refractivity contribution >= 4 is 5.96 Å². The van der Waals surface area contributed by atoms with Gasteiger partial charge in [-0.2, -0.15) is 5.10 Å². The van der Waals surface area contributed by atoms with E-state index in [0.717, 1.165) is 51.4 Å². The van der Waals surface area contributed by atoms with Gasteiger partial charge in [-0.05, 0) is 37.8 Å².